The fraction of sp³-hybridized carbons (Fsp3) is 0.195. The molecule has 1 aliphatic heterocycles. The Bertz CT molecular complexity index is 2240. The topological polar surface area (TPSA) is 113 Å². The Hall–Kier alpha value is -5.57. The van der Waals surface area contributed by atoms with Crippen LogP contribution in [0.25, 0.3) is 55.3 Å². The highest BCUT2D eigenvalue weighted by atomic mass is 16.7. The van der Waals surface area contributed by atoms with Crippen LogP contribution in [0.3, 0.4) is 0 Å². The summed E-state index contributed by atoms with van der Waals surface area (Å²) in [5.41, 5.74) is 14.9. The van der Waals surface area contributed by atoms with Crippen molar-refractivity contribution in [2.45, 2.75) is 38.1 Å². The molecule has 0 bridgehead atoms. The molecule has 244 valence electrons. The number of nitrogens with one attached hydrogen (secondary N) is 2. The molecule has 3 heterocycles. The molecule has 1 aliphatic rings. The number of hydrogen-bond donors (Lipinski definition) is 3. The summed E-state index contributed by atoms with van der Waals surface area (Å²) >= 11 is 0. The molecule has 49 heavy (non-hydrogen) atoms. The summed E-state index contributed by atoms with van der Waals surface area (Å²) in [6.07, 6.45) is 6.62. The number of fused-ring (bicyclic) bond motifs is 2. The van der Waals surface area contributed by atoms with Gasteiger partial charge in [0.15, 0.2) is 0 Å². The zero-order valence-corrected chi connectivity index (χ0v) is 27.2. The molecule has 8 nitrogen and oxygen atoms in total. The van der Waals surface area contributed by atoms with Gasteiger partial charge in [-0.3, -0.25) is 0 Å². The Kier molecular flexibility index (Phi) is 8.47. The lowest BCUT2D eigenvalue weighted by molar-refractivity contribution is -0.121. The van der Waals surface area contributed by atoms with Crippen LogP contribution in [0.2, 0.25) is 0 Å². The quantitative estimate of drug-likeness (QED) is 0.128. The van der Waals surface area contributed by atoms with Crippen LogP contribution >= 0.6 is 0 Å². The normalized spacial score (nSPS) is 14.9. The van der Waals surface area contributed by atoms with Gasteiger partial charge in [0.05, 0.1) is 28.5 Å². The minimum Gasteiger partial charge on any atom is -0.363 e. The monoisotopic (exact) mass is 646 g/mol. The molecule has 8 heteroatoms. The number of benzene rings is 5. The number of hydroxylamine groups is 2. The first-order chi connectivity index (χ1) is 24.1. The molecule has 4 N–H and O–H groups in total. The highest BCUT2D eigenvalue weighted by molar-refractivity contribution is 5.92. The van der Waals surface area contributed by atoms with Crippen molar-refractivity contribution in [2.75, 3.05) is 13.1 Å². The maximum absolute atomic E-state index is 12.7. The number of carbonyl (C=O) groups is 1. The third-order valence-electron chi connectivity index (χ3n) is 9.43. The van der Waals surface area contributed by atoms with Gasteiger partial charge in [-0.15, -0.1) is 5.06 Å². The predicted octanol–water partition coefficient (Wildman–Crippen LogP) is 8.63. The van der Waals surface area contributed by atoms with Gasteiger partial charge >= 0.3 is 5.97 Å². The molecule has 7 aromatic rings. The molecule has 8 rings (SSSR count). The first-order valence-electron chi connectivity index (χ1n) is 17.0. The van der Waals surface area contributed by atoms with Crippen molar-refractivity contribution in [1.29, 1.82) is 0 Å². The number of aromatic nitrogens is 4. The van der Waals surface area contributed by atoms with Gasteiger partial charge in [-0.1, -0.05) is 72.8 Å². The Labute approximate surface area is 284 Å². The Morgan fingerprint density at radius 1 is 0.796 bits per heavy atom. The number of aryl methyl sites for hydroxylation is 1. The number of nitrogens with zero attached hydrogens (tertiary/aromatic N) is 3. The van der Waals surface area contributed by atoms with E-state index in [1.807, 2.05) is 24.4 Å². The van der Waals surface area contributed by atoms with Crippen LogP contribution in [0.15, 0.2) is 115 Å². The highest BCUT2D eigenvalue weighted by Crippen LogP contribution is 2.34. The third-order valence-corrected chi connectivity index (χ3v) is 9.43. The minimum absolute atomic E-state index is 0.103. The number of aromatic amines is 2. The van der Waals surface area contributed by atoms with Crippen LogP contribution in [0.4, 0.5) is 0 Å². The molecule has 0 amide bonds. The van der Waals surface area contributed by atoms with E-state index in [0.29, 0.717) is 18.7 Å². The average molecular weight is 647 g/mol. The second-order valence-electron chi connectivity index (χ2n) is 12.7. The summed E-state index contributed by atoms with van der Waals surface area (Å²) in [4.78, 5) is 34.9. The average Bonchev–Trinajstić information content (AvgIpc) is 3.91. The molecule has 1 fully saturated rings. The molecule has 0 unspecified atom stereocenters. The van der Waals surface area contributed by atoms with Crippen molar-refractivity contribution in [3.63, 3.8) is 0 Å². The van der Waals surface area contributed by atoms with E-state index < -0.39 is 0 Å². The van der Waals surface area contributed by atoms with Gasteiger partial charge < -0.3 is 20.5 Å². The van der Waals surface area contributed by atoms with Crippen molar-refractivity contribution < 1.29 is 9.63 Å². The fourth-order valence-electron chi connectivity index (χ4n) is 6.75. The van der Waals surface area contributed by atoms with Gasteiger partial charge in [0.2, 0.25) is 0 Å². The van der Waals surface area contributed by atoms with Gasteiger partial charge in [0.25, 0.3) is 0 Å². The largest absolute Gasteiger partial charge is 0.363 e. The second kappa shape index (κ2) is 13.5. The maximum atomic E-state index is 12.7. The van der Waals surface area contributed by atoms with E-state index in [0.717, 1.165) is 82.7 Å². The third kappa shape index (κ3) is 6.48. The van der Waals surface area contributed by atoms with E-state index in [2.05, 4.69) is 93.8 Å². The van der Waals surface area contributed by atoms with Crippen LogP contribution in [-0.2, 0) is 11.3 Å². The van der Waals surface area contributed by atoms with Crippen LogP contribution < -0.4 is 5.73 Å². The van der Waals surface area contributed by atoms with E-state index >= 15 is 0 Å². The Balaban J connectivity index is 0.981. The molecule has 0 radical (unpaired) electrons. The van der Waals surface area contributed by atoms with Crippen LogP contribution in [0.1, 0.15) is 53.7 Å². The van der Waals surface area contributed by atoms with Crippen molar-refractivity contribution in [3.05, 3.63) is 133 Å². The minimum atomic E-state index is -0.348. The number of imidazole rings is 2. The lowest BCUT2D eigenvalue weighted by Crippen LogP contribution is -2.27. The molecule has 0 saturated carbocycles. The fourth-order valence-corrected chi connectivity index (χ4v) is 6.75. The molecule has 0 aliphatic carbocycles. The summed E-state index contributed by atoms with van der Waals surface area (Å²) in [5, 5.41) is 4.15. The number of carbonyl (C=O) groups excluding carboxylic acids is 1. The van der Waals surface area contributed by atoms with E-state index in [4.69, 9.17) is 15.6 Å². The van der Waals surface area contributed by atoms with Gasteiger partial charge in [-0.25, -0.2) is 14.8 Å². The van der Waals surface area contributed by atoms with E-state index in [1.165, 1.54) is 16.3 Å². The predicted molar refractivity (Wildman–Crippen MR) is 195 cm³/mol. The lowest BCUT2D eigenvalue weighted by atomic mass is 9.97. The number of H-pyrrole nitrogens is 2. The molecule has 0 spiro atoms. The smallest absolute Gasteiger partial charge is 0.357 e. The first-order valence-corrected chi connectivity index (χ1v) is 17.0. The Morgan fingerprint density at radius 2 is 1.51 bits per heavy atom. The maximum Gasteiger partial charge on any atom is 0.357 e. The second-order valence-corrected chi connectivity index (χ2v) is 12.7. The number of rotatable bonds is 10. The summed E-state index contributed by atoms with van der Waals surface area (Å²) in [5.74, 6) is 1.47. The summed E-state index contributed by atoms with van der Waals surface area (Å²) < 4.78 is 0. The van der Waals surface area contributed by atoms with E-state index in [9.17, 15) is 4.79 Å². The summed E-state index contributed by atoms with van der Waals surface area (Å²) in [6, 6.07) is 37.3. The summed E-state index contributed by atoms with van der Waals surface area (Å²) in [7, 11) is 0. The lowest BCUT2D eigenvalue weighted by Gasteiger charge is -2.21. The van der Waals surface area contributed by atoms with Gasteiger partial charge in [-0.2, -0.15) is 0 Å². The van der Waals surface area contributed by atoms with Crippen LogP contribution in [0.5, 0.6) is 0 Å². The Morgan fingerprint density at radius 3 is 2.31 bits per heavy atom. The molecular weight excluding hydrogens is 608 g/mol. The first kappa shape index (κ1) is 30.7. The molecular formula is C41H38N6O2. The van der Waals surface area contributed by atoms with Gasteiger partial charge in [-0.05, 0) is 107 Å². The van der Waals surface area contributed by atoms with Crippen molar-refractivity contribution in [3.8, 4) is 33.5 Å². The standard InChI is InChI=1S/C41H38N6O2/c42-21-5-4-10-39-44-35-20-19-33(25-36(35)45-39)32-18-14-28-13-17-31(23-34(28)24-32)27-11-15-29(16-12-27)37-26-43-40(46-37)38-9-6-22-47(38)49-41(48)30-7-2-1-3-8-30/h1-3,7-8,11-20,23-26,38H,4-6,9-10,21-22,42H2,(H,43,46)(H,44,45)/t38-/m0/s1. The van der Waals surface area contributed by atoms with Gasteiger partial charge in [0.1, 0.15) is 17.7 Å². The SMILES string of the molecule is NCCCCc1nc2ccc(-c3ccc4ccc(-c5ccc(-c6cnc([C@@H]7CCCN7OC(=O)c7ccccc7)[nH]6)cc5)cc4c3)cc2[nH]1. The van der Waals surface area contributed by atoms with Crippen molar-refractivity contribution in [1.82, 2.24) is 25.0 Å². The molecule has 1 atom stereocenters. The number of unbranched alkanes of at least 4 members (excludes halogenated alkanes) is 1. The number of nitrogens with two attached hydrogens (primary N) is 1. The van der Waals surface area contributed by atoms with E-state index in [-0.39, 0.29) is 12.0 Å². The summed E-state index contributed by atoms with van der Waals surface area (Å²) in [6.45, 7) is 1.39. The van der Waals surface area contributed by atoms with Crippen LogP contribution in [-0.4, -0.2) is 44.1 Å². The van der Waals surface area contributed by atoms with Crippen molar-refractivity contribution in [2.24, 2.45) is 5.73 Å². The molecule has 1 saturated heterocycles. The number of hydrogen-bond acceptors (Lipinski definition) is 6. The van der Waals surface area contributed by atoms with Crippen molar-refractivity contribution >= 4 is 27.8 Å². The van der Waals surface area contributed by atoms with Gasteiger partial charge in [0, 0.05) is 13.0 Å². The molecule has 5 aromatic carbocycles. The zero-order chi connectivity index (χ0) is 33.2. The zero-order valence-electron chi connectivity index (χ0n) is 27.2. The van der Waals surface area contributed by atoms with E-state index in [1.54, 1.807) is 17.2 Å². The highest BCUT2D eigenvalue weighted by Gasteiger charge is 2.32. The molecule has 2 aromatic heterocycles. The van der Waals surface area contributed by atoms with Crippen LogP contribution in [0, 0.1) is 0 Å².